The van der Waals surface area contributed by atoms with Crippen molar-refractivity contribution < 1.29 is 14.4 Å². The first kappa shape index (κ1) is 14.5. The van der Waals surface area contributed by atoms with Crippen molar-refractivity contribution in [3.63, 3.8) is 0 Å². The SMILES string of the molecule is O=[N+]([O-])c1cccc2c1CN(NCc1ccc3c(c1)OCO3)N=C2. The van der Waals surface area contributed by atoms with Crippen LogP contribution in [-0.4, -0.2) is 23.0 Å². The standard InChI is InChI=1S/C16H14N4O4/c21-20(22)14-3-1-2-12-8-18-19(9-13(12)14)17-7-11-4-5-15-16(6-11)24-10-23-15/h1-6,8,17H,7,9-10H2. The molecule has 0 aliphatic carbocycles. The highest BCUT2D eigenvalue weighted by atomic mass is 16.7. The maximum Gasteiger partial charge on any atom is 0.275 e. The number of nitro groups is 1. The number of hydrogen-bond donors (Lipinski definition) is 1. The monoisotopic (exact) mass is 326 g/mol. The number of nitrogens with one attached hydrogen (secondary N) is 1. The molecule has 0 saturated carbocycles. The van der Waals surface area contributed by atoms with Crippen LogP contribution in [0.4, 0.5) is 5.69 Å². The van der Waals surface area contributed by atoms with Gasteiger partial charge in [0.05, 0.1) is 23.2 Å². The topological polar surface area (TPSA) is 89.2 Å². The summed E-state index contributed by atoms with van der Waals surface area (Å²) in [6, 6.07) is 10.7. The molecule has 0 aromatic heterocycles. The average Bonchev–Trinajstić information content (AvgIpc) is 3.06. The van der Waals surface area contributed by atoms with Gasteiger partial charge in [0.1, 0.15) is 0 Å². The molecule has 1 N–H and O–H groups in total. The van der Waals surface area contributed by atoms with Crippen LogP contribution in [0.15, 0.2) is 41.5 Å². The molecule has 0 amide bonds. The van der Waals surface area contributed by atoms with Gasteiger partial charge in [-0.1, -0.05) is 18.2 Å². The molecule has 0 radical (unpaired) electrons. The number of nitro benzene ring substituents is 1. The molecule has 4 rings (SSSR count). The molecule has 0 atom stereocenters. The van der Waals surface area contributed by atoms with E-state index >= 15 is 0 Å². The molecule has 2 aliphatic rings. The van der Waals surface area contributed by atoms with Crippen molar-refractivity contribution in [3.05, 3.63) is 63.2 Å². The molecule has 24 heavy (non-hydrogen) atoms. The molecule has 8 nitrogen and oxygen atoms in total. The van der Waals surface area contributed by atoms with Crippen molar-refractivity contribution in [2.24, 2.45) is 5.10 Å². The van der Waals surface area contributed by atoms with E-state index in [1.807, 2.05) is 24.3 Å². The molecule has 0 fully saturated rings. The van der Waals surface area contributed by atoms with Gasteiger partial charge < -0.3 is 9.47 Å². The Kier molecular flexibility index (Phi) is 3.51. The third-order valence-corrected chi connectivity index (χ3v) is 3.93. The highest BCUT2D eigenvalue weighted by Crippen LogP contribution is 2.32. The van der Waals surface area contributed by atoms with E-state index in [1.54, 1.807) is 17.4 Å². The van der Waals surface area contributed by atoms with Gasteiger partial charge in [-0.2, -0.15) is 5.10 Å². The summed E-state index contributed by atoms with van der Waals surface area (Å²) in [5.74, 6) is 1.46. The molecular weight excluding hydrogens is 312 g/mol. The van der Waals surface area contributed by atoms with E-state index in [9.17, 15) is 10.1 Å². The highest BCUT2D eigenvalue weighted by molar-refractivity contribution is 5.84. The lowest BCUT2D eigenvalue weighted by molar-refractivity contribution is -0.385. The molecule has 122 valence electrons. The molecule has 0 unspecified atom stereocenters. The summed E-state index contributed by atoms with van der Waals surface area (Å²) >= 11 is 0. The van der Waals surface area contributed by atoms with Gasteiger partial charge in [0.15, 0.2) is 11.5 Å². The summed E-state index contributed by atoms with van der Waals surface area (Å²) < 4.78 is 10.6. The molecule has 2 heterocycles. The van der Waals surface area contributed by atoms with Gasteiger partial charge in [0.2, 0.25) is 6.79 Å². The molecule has 8 heteroatoms. The Balaban J connectivity index is 1.47. The van der Waals surface area contributed by atoms with Gasteiger partial charge in [-0.3, -0.25) is 10.1 Å². The predicted molar refractivity (Wildman–Crippen MR) is 85.6 cm³/mol. The second-order valence-electron chi connectivity index (χ2n) is 5.43. The molecule has 0 spiro atoms. The maximum absolute atomic E-state index is 11.2. The number of hydrogen-bond acceptors (Lipinski definition) is 7. The molecule has 2 aromatic rings. The fraction of sp³-hybridized carbons (Fsp3) is 0.188. The lowest BCUT2D eigenvalue weighted by Gasteiger charge is -2.24. The van der Waals surface area contributed by atoms with Gasteiger partial charge in [-0.05, 0) is 17.7 Å². The van der Waals surface area contributed by atoms with Crippen molar-refractivity contribution in [2.75, 3.05) is 6.79 Å². The minimum absolute atomic E-state index is 0.105. The summed E-state index contributed by atoms with van der Waals surface area (Å²) in [7, 11) is 0. The van der Waals surface area contributed by atoms with E-state index in [0.29, 0.717) is 18.7 Å². The fourth-order valence-electron chi connectivity index (χ4n) is 2.71. The van der Waals surface area contributed by atoms with Crippen molar-refractivity contribution in [1.82, 2.24) is 10.5 Å². The predicted octanol–water partition coefficient (Wildman–Crippen LogP) is 2.18. The number of rotatable bonds is 4. The molecule has 2 aliphatic heterocycles. The summed E-state index contributed by atoms with van der Waals surface area (Å²) in [4.78, 5) is 10.8. The van der Waals surface area contributed by atoms with Crippen LogP contribution in [0.1, 0.15) is 16.7 Å². The van der Waals surface area contributed by atoms with E-state index in [2.05, 4.69) is 10.5 Å². The van der Waals surface area contributed by atoms with Gasteiger partial charge >= 0.3 is 0 Å². The van der Waals surface area contributed by atoms with Crippen molar-refractivity contribution in [1.29, 1.82) is 0 Å². The second-order valence-corrected chi connectivity index (χ2v) is 5.43. The van der Waals surface area contributed by atoms with Crippen molar-refractivity contribution in [2.45, 2.75) is 13.1 Å². The van der Waals surface area contributed by atoms with Crippen LogP contribution in [-0.2, 0) is 13.1 Å². The third kappa shape index (κ3) is 2.63. The highest BCUT2D eigenvalue weighted by Gasteiger charge is 2.22. The summed E-state index contributed by atoms with van der Waals surface area (Å²) in [6.45, 7) is 1.08. The Morgan fingerprint density at radius 3 is 3.00 bits per heavy atom. The maximum atomic E-state index is 11.2. The molecule has 0 saturated heterocycles. The van der Waals surface area contributed by atoms with Gasteiger partial charge in [-0.15, -0.1) is 0 Å². The zero-order chi connectivity index (χ0) is 16.5. The number of hydrazone groups is 1. The molecule has 0 bridgehead atoms. The van der Waals surface area contributed by atoms with E-state index in [-0.39, 0.29) is 17.4 Å². The Morgan fingerprint density at radius 1 is 1.25 bits per heavy atom. The van der Waals surface area contributed by atoms with Crippen molar-refractivity contribution in [3.8, 4) is 11.5 Å². The number of fused-ring (bicyclic) bond motifs is 2. The van der Waals surface area contributed by atoms with Crippen LogP contribution >= 0.6 is 0 Å². The number of nitrogens with zero attached hydrogens (tertiary/aromatic N) is 3. The Morgan fingerprint density at radius 2 is 2.12 bits per heavy atom. The first-order valence-electron chi connectivity index (χ1n) is 7.40. The first-order valence-corrected chi connectivity index (χ1v) is 7.40. The van der Waals surface area contributed by atoms with E-state index in [1.165, 1.54) is 6.07 Å². The zero-order valence-electron chi connectivity index (χ0n) is 12.6. The lowest BCUT2D eigenvalue weighted by atomic mass is 10.1. The van der Waals surface area contributed by atoms with Gasteiger partial charge in [0, 0.05) is 18.2 Å². The largest absolute Gasteiger partial charge is 0.454 e. The van der Waals surface area contributed by atoms with Crippen molar-refractivity contribution >= 4 is 11.9 Å². The van der Waals surface area contributed by atoms with Crippen LogP contribution in [0.2, 0.25) is 0 Å². The molecule has 2 aromatic carbocycles. The summed E-state index contributed by atoms with van der Waals surface area (Å²) in [5, 5.41) is 17.0. The summed E-state index contributed by atoms with van der Waals surface area (Å²) in [5.41, 5.74) is 5.68. The smallest absolute Gasteiger partial charge is 0.275 e. The third-order valence-electron chi connectivity index (χ3n) is 3.93. The van der Waals surface area contributed by atoms with Crippen LogP contribution in [0.25, 0.3) is 0 Å². The van der Waals surface area contributed by atoms with Gasteiger partial charge in [0.25, 0.3) is 5.69 Å². The minimum Gasteiger partial charge on any atom is -0.454 e. The Bertz CT molecular complexity index is 837. The number of ether oxygens (including phenoxy) is 2. The second kappa shape index (κ2) is 5.82. The van der Waals surface area contributed by atoms with E-state index in [4.69, 9.17) is 9.47 Å². The van der Waals surface area contributed by atoms with E-state index < -0.39 is 0 Å². The Hall–Kier alpha value is -3.13. The minimum atomic E-state index is -0.367. The fourth-order valence-corrected chi connectivity index (χ4v) is 2.71. The normalized spacial score (nSPS) is 14.6. The summed E-state index contributed by atoms with van der Waals surface area (Å²) in [6.07, 6.45) is 1.62. The van der Waals surface area contributed by atoms with Crippen LogP contribution in [0, 0.1) is 10.1 Å². The van der Waals surface area contributed by atoms with Crippen LogP contribution in [0.3, 0.4) is 0 Å². The molecular formula is C16H14N4O4. The quantitative estimate of drug-likeness (QED) is 0.684. The van der Waals surface area contributed by atoms with Crippen LogP contribution in [0.5, 0.6) is 11.5 Å². The lowest BCUT2D eigenvalue weighted by Crippen LogP contribution is -2.35. The zero-order valence-corrected chi connectivity index (χ0v) is 12.6. The first-order chi connectivity index (χ1) is 11.7. The average molecular weight is 326 g/mol. The van der Waals surface area contributed by atoms with Crippen LogP contribution < -0.4 is 14.9 Å². The number of benzene rings is 2. The van der Waals surface area contributed by atoms with Gasteiger partial charge in [-0.25, -0.2) is 10.5 Å². The van der Waals surface area contributed by atoms with E-state index in [0.717, 1.165) is 22.6 Å². The Labute approximate surface area is 137 Å². The number of hydrazine groups is 1.